The molecule has 2 rings (SSSR count). The summed E-state index contributed by atoms with van der Waals surface area (Å²) >= 11 is 0. The van der Waals surface area contributed by atoms with Crippen LogP contribution >= 0.6 is 0 Å². The van der Waals surface area contributed by atoms with Crippen molar-refractivity contribution in [1.29, 1.82) is 0 Å². The molecule has 3 N–H and O–H groups in total. The average Bonchev–Trinajstić information content (AvgIpc) is 2.64. The highest BCUT2D eigenvalue weighted by Gasteiger charge is 2.15. The van der Waals surface area contributed by atoms with E-state index in [-0.39, 0.29) is 18.1 Å². The number of carbonyl (C=O) groups is 2. The van der Waals surface area contributed by atoms with Crippen molar-refractivity contribution in [2.75, 3.05) is 17.2 Å². The lowest BCUT2D eigenvalue weighted by molar-refractivity contribution is -0.116. The molecule has 156 valence electrons. The van der Waals surface area contributed by atoms with Gasteiger partial charge in [0.25, 0.3) is 0 Å². The van der Waals surface area contributed by atoms with E-state index in [2.05, 4.69) is 20.9 Å². The number of carbonyl (C=O) groups excluding carboxylic acids is 2. The monoisotopic (exact) mass is 402 g/mol. The van der Waals surface area contributed by atoms with Gasteiger partial charge >= 0.3 is 6.09 Å². The summed E-state index contributed by atoms with van der Waals surface area (Å²) in [6.45, 7) is 6.02. The molecule has 8 heteroatoms. The van der Waals surface area contributed by atoms with Crippen LogP contribution < -0.4 is 16.0 Å². The molecule has 0 radical (unpaired) electrons. The second-order valence-corrected chi connectivity index (χ2v) is 7.46. The molecule has 0 unspecified atom stereocenters. The Kier molecular flexibility index (Phi) is 7.94. The van der Waals surface area contributed by atoms with E-state index in [1.807, 2.05) is 0 Å². The number of hydrogen-bond acceptors (Lipinski definition) is 5. The second kappa shape index (κ2) is 10.4. The molecule has 2 amide bonds. The lowest BCUT2D eigenvalue weighted by Crippen LogP contribution is -2.33. The molecule has 1 aromatic heterocycles. The molecular weight excluding hydrogens is 375 g/mol. The minimum atomic E-state index is -0.551. The lowest BCUT2D eigenvalue weighted by Gasteiger charge is -2.19. The molecule has 0 saturated heterocycles. The maximum atomic E-state index is 13.6. The van der Waals surface area contributed by atoms with Crippen molar-refractivity contribution >= 4 is 23.5 Å². The van der Waals surface area contributed by atoms with Crippen molar-refractivity contribution < 1.29 is 18.7 Å². The van der Waals surface area contributed by atoms with E-state index in [0.29, 0.717) is 36.6 Å². The second-order valence-electron chi connectivity index (χ2n) is 7.46. The quantitative estimate of drug-likeness (QED) is 0.579. The fourth-order valence-corrected chi connectivity index (χ4v) is 2.38. The maximum Gasteiger partial charge on any atom is 0.407 e. The summed E-state index contributed by atoms with van der Waals surface area (Å²) in [5.41, 5.74) is 0.559. The van der Waals surface area contributed by atoms with Crippen LogP contribution in [0.2, 0.25) is 0 Å². The molecule has 0 aliphatic rings. The predicted octanol–water partition coefficient (Wildman–Crippen LogP) is 4.08. The minimum Gasteiger partial charge on any atom is -0.444 e. The number of pyridine rings is 1. The van der Waals surface area contributed by atoms with Gasteiger partial charge in [-0.3, -0.25) is 4.79 Å². The fraction of sp³-hybridized carbons (Fsp3) is 0.381. The van der Waals surface area contributed by atoms with Gasteiger partial charge in [0, 0.05) is 25.1 Å². The van der Waals surface area contributed by atoms with Crippen molar-refractivity contribution in [3.05, 3.63) is 54.0 Å². The number of anilines is 2. The normalized spacial score (nSPS) is 10.9. The smallest absolute Gasteiger partial charge is 0.407 e. The summed E-state index contributed by atoms with van der Waals surface area (Å²) in [5.74, 6) is 0.128. The number of benzene rings is 1. The van der Waals surface area contributed by atoms with Gasteiger partial charge in [0.15, 0.2) is 0 Å². The van der Waals surface area contributed by atoms with Crippen LogP contribution in [-0.4, -0.2) is 29.1 Å². The number of nitrogens with one attached hydrogen (secondary N) is 3. The SMILES string of the molecule is CC(C)(C)OC(=O)NCCCC(=O)Nc1ccc(NCc2ccccc2F)nc1. The number of halogens is 1. The molecule has 0 aliphatic carbocycles. The van der Waals surface area contributed by atoms with Crippen LogP contribution in [0.25, 0.3) is 0 Å². The largest absolute Gasteiger partial charge is 0.444 e. The standard InChI is InChI=1S/C21H27FN4O3/c1-21(2,3)29-20(28)23-12-6-9-19(27)26-16-10-11-18(25-14-16)24-13-15-7-4-5-8-17(15)22/h4-5,7-8,10-11,14H,6,9,12-13H2,1-3H3,(H,23,28)(H,24,25)(H,26,27). The summed E-state index contributed by atoms with van der Waals surface area (Å²) in [6.07, 6.45) is 1.77. The van der Waals surface area contributed by atoms with Gasteiger partial charge in [-0.1, -0.05) is 18.2 Å². The van der Waals surface area contributed by atoms with E-state index in [0.717, 1.165) is 0 Å². The van der Waals surface area contributed by atoms with E-state index in [9.17, 15) is 14.0 Å². The molecule has 0 fully saturated rings. The summed E-state index contributed by atoms with van der Waals surface area (Å²) in [5, 5.41) is 8.39. The Morgan fingerprint density at radius 1 is 1.14 bits per heavy atom. The van der Waals surface area contributed by atoms with E-state index >= 15 is 0 Å². The fourth-order valence-electron chi connectivity index (χ4n) is 2.38. The Labute approximate surface area is 170 Å². The Morgan fingerprint density at radius 3 is 2.55 bits per heavy atom. The van der Waals surface area contributed by atoms with Crippen molar-refractivity contribution in [3.63, 3.8) is 0 Å². The van der Waals surface area contributed by atoms with Crippen molar-refractivity contribution in [2.45, 2.75) is 45.8 Å². The molecule has 7 nitrogen and oxygen atoms in total. The van der Waals surface area contributed by atoms with Gasteiger partial charge in [0.1, 0.15) is 17.2 Å². The molecule has 29 heavy (non-hydrogen) atoms. The number of ether oxygens (including phenoxy) is 1. The third-order valence-electron chi connectivity index (χ3n) is 3.71. The summed E-state index contributed by atoms with van der Waals surface area (Å²) in [4.78, 5) is 27.7. The Hall–Kier alpha value is -3.16. The number of aromatic nitrogens is 1. The molecule has 2 aromatic rings. The highest BCUT2D eigenvalue weighted by Crippen LogP contribution is 2.13. The van der Waals surface area contributed by atoms with Crippen molar-refractivity contribution in [1.82, 2.24) is 10.3 Å². The molecule has 0 atom stereocenters. The van der Waals surface area contributed by atoms with Gasteiger partial charge in [-0.25, -0.2) is 14.2 Å². The first-order valence-electron chi connectivity index (χ1n) is 9.43. The third-order valence-corrected chi connectivity index (χ3v) is 3.71. The van der Waals surface area contributed by atoms with Crippen LogP contribution in [0.3, 0.4) is 0 Å². The van der Waals surface area contributed by atoms with Gasteiger partial charge in [-0.2, -0.15) is 0 Å². The Morgan fingerprint density at radius 2 is 1.90 bits per heavy atom. The first kappa shape index (κ1) is 22.1. The summed E-state index contributed by atoms with van der Waals surface area (Å²) in [7, 11) is 0. The highest BCUT2D eigenvalue weighted by atomic mass is 19.1. The van der Waals surface area contributed by atoms with Crippen LogP contribution in [0.5, 0.6) is 0 Å². The van der Waals surface area contributed by atoms with Crippen LogP contribution in [0.4, 0.5) is 20.7 Å². The topological polar surface area (TPSA) is 92.3 Å². The predicted molar refractivity (Wildman–Crippen MR) is 110 cm³/mol. The molecule has 0 spiro atoms. The lowest BCUT2D eigenvalue weighted by atomic mass is 10.2. The number of rotatable bonds is 8. The maximum absolute atomic E-state index is 13.6. The molecule has 1 aromatic carbocycles. The number of amides is 2. The van der Waals surface area contributed by atoms with Crippen molar-refractivity contribution in [2.24, 2.45) is 0 Å². The van der Waals surface area contributed by atoms with Gasteiger partial charge in [-0.05, 0) is 45.4 Å². The van der Waals surface area contributed by atoms with Crippen molar-refractivity contribution in [3.8, 4) is 0 Å². The molecular formula is C21H27FN4O3. The molecule has 0 bridgehead atoms. The Bertz CT molecular complexity index is 819. The first-order chi connectivity index (χ1) is 13.7. The van der Waals surface area contributed by atoms with Crippen LogP contribution in [0, 0.1) is 5.82 Å². The Balaban J connectivity index is 1.69. The molecule has 0 aliphatic heterocycles. The van der Waals surface area contributed by atoms with Gasteiger partial charge in [0.05, 0.1) is 11.9 Å². The minimum absolute atomic E-state index is 0.176. The summed E-state index contributed by atoms with van der Waals surface area (Å²) in [6, 6.07) is 9.95. The van der Waals surface area contributed by atoms with Gasteiger partial charge < -0.3 is 20.7 Å². The first-order valence-corrected chi connectivity index (χ1v) is 9.43. The zero-order valence-electron chi connectivity index (χ0n) is 16.9. The van der Waals surface area contributed by atoms with E-state index < -0.39 is 11.7 Å². The van der Waals surface area contributed by atoms with Crippen LogP contribution in [0.1, 0.15) is 39.2 Å². The molecule has 1 heterocycles. The average molecular weight is 402 g/mol. The number of nitrogens with zero attached hydrogens (tertiary/aromatic N) is 1. The highest BCUT2D eigenvalue weighted by molar-refractivity contribution is 5.90. The van der Waals surface area contributed by atoms with Gasteiger partial charge in [0.2, 0.25) is 5.91 Å². The third kappa shape index (κ3) is 8.59. The summed E-state index contributed by atoms with van der Waals surface area (Å²) < 4.78 is 18.7. The van der Waals surface area contributed by atoms with Crippen LogP contribution in [-0.2, 0) is 16.1 Å². The zero-order chi connectivity index (χ0) is 21.3. The van der Waals surface area contributed by atoms with E-state index in [1.165, 1.54) is 12.3 Å². The zero-order valence-corrected chi connectivity index (χ0v) is 16.9. The van der Waals surface area contributed by atoms with E-state index in [1.54, 1.807) is 51.1 Å². The number of hydrogen-bond donors (Lipinski definition) is 3. The molecule has 0 saturated carbocycles. The van der Waals surface area contributed by atoms with E-state index in [4.69, 9.17) is 4.74 Å². The number of alkyl carbamates (subject to hydrolysis) is 1. The van der Waals surface area contributed by atoms with Gasteiger partial charge in [-0.15, -0.1) is 0 Å². The van der Waals surface area contributed by atoms with Crippen LogP contribution in [0.15, 0.2) is 42.6 Å².